The van der Waals surface area contributed by atoms with Gasteiger partial charge < -0.3 is 10.1 Å². The zero-order valence-electron chi connectivity index (χ0n) is 16.0. The third-order valence-corrected chi connectivity index (χ3v) is 4.80. The molecule has 1 amide bonds. The molecule has 4 rings (SSSR count). The molecule has 0 aliphatic carbocycles. The van der Waals surface area contributed by atoms with Crippen molar-refractivity contribution in [2.45, 2.75) is 6.10 Å². The van der Waals surface area contributed by atoms with E-state index in [1.165, 1.54) is 0 Å². The van der Waals surface area contributed by atoms with Crippen molar-refractivity contribution in [3.8, 4) is 5.88 Å². The highest BCUT2D eigenvalue weighted by Gasteiger charge is 2.16. The first-order chi connectivity index (χ1) is 14.7. The van der Waals surface area contributed by atoms with Gasteiger partial charge in [-0.15, -0.1) is 0 Å². The van der Waals surface area contributed by atoms with Crippen molar-refractivity contribution < 1.29 is 9.53 Å². The van der Waals surface area contributed by atoms with E-state index in [2.05, 4.69) is 10.3 Å². The summed E-state index contributed by atoms with van der Waals surface area (Å²) in [5.41, 5.74) is 3.17. The van der Waals surface area contributed by atoms with Crippen LogP contribution < -0.4 is 10.1 Å². The molecule has 0 spiro atoms. The summed E-state index contributed by atoms with van der Waals surface area (Å²) in [6, 6.07) is 30.2. The lowest BCUT2D eigenvalue weighted by atomic mass is 10.0. The molecule has 4 nitrogen and oxygen atoms in total. The van der Waals surface area contributed by atoms with E-state index in [0.717, 1.165) is 11.1 Å². The summed E-state index contributed by atoms with van der Waals surface area (Å²) in [5.74, 6) is 0.241. The number of amides is 1. The first-order valence-corrected chi connectivity index (χ1v) is 9.86. The monoisotopic (exact) mass is 414 g/mol. The minimum Gasteiger partial charge on any atom is -0.465 e. The van der Waals surface area contributed by atoms with Gasteiger partial charge in [-0.3, -0.25) is 4.79 Å². The normalized spacial score (nSPS) is 10.6. The van der Waals surface area contributed by atoms with Crippen molar-refractivity contribution >= 4 is 23.2 Å². The Kier molecular flexibility index (Phi) is 6.06. The number of aromatic nitrogens is 1. The average molecular weight is 415 g/mol. The standard InChI is InChI=1S/C25H19ClN2O2/c26-21-13-11-20(12-14-21)25(29)28-22-15-16-23(27-17-22)30-24(18-7-3-1-4-8-18)19-9-5-2-6-10-19/h1-17,24H,(H,28,29). The second-order valence-electron chi connectivity index (χ2n) is 6.67. The summed E-state index contributed by atoms with van der Waals surface area (Å²) in [6.07, 6.45) is 1.30. The maximum atomic E-state index is 12.3. The number of hydrogen-bond acceptors (Lipinski definition) is 3. The first kappa shape index (κ1) is 19.7. The van der Waals surface area contributed by atoms with E-state index < -0.39 is 0 Å². The Morgan fingerprint density at radius 3 is 1.93 bits per heavy atom. The molecule has 1 N–H and O–H groups in total. The van der Waals surface area contributed by atoms with Crippen LogP contribution in [0.5, 0.6) is 5.88 Å². The highest BCUT2D eigenvalue weighted by molar-refractivity contribution is 6.30. The van der Waals surface area contributed by atoms with E-state index >= 15 is 0 Å². The van der Waals surface area contributed by atoms with Gasteiger partial charge in [0, 0.05) is 16.7 Å². The second-order valence-corrected chi connectivity index (χ2v) is 7.10. The van der Waals surface area contributed by atoms with E-state index in [1.54, 1.807) is 42.6 Å². The maximum absolute atomic E-state index is 12.3. The Hall–Kier alpha value is -3.63. The second kappa shape index (κ2) is 9.25. The molecule has 0 aliphatic rings. The van der Waals surface area contributed by atoms with Crippen LogP contribution in [0.15, 0.2) is 103 Å². The lowest BCUT2D eigenvalue weighted by Crippen LogP contribution is -2.12. The third kappa shape index (κ3) is 4.85. The van der Waals surface area contributed by atoms with Crippen LogP contribution in [0.25, 0.3) is 0 Å². The summed E-state index contributed by atoms with van der Waals surface area (Å²) < 4.78 is 6.21. The van der Waals surface area contributed by atoms with Gasteiger partial charge in [-0.2, -0.15) is 0 Å². The predicted molar refractivity (Wildman–Crippen MR) is 119 cm³/mol. The Bertz CT molecular complexity index is 1060. The van der Waals surface area contributed by atoms with Gasteiger partial charge >= 0.3 is 0 Å². The van der Waals surface area contributed by atoms with Gasteiger partial charge in [-0.05, 0) is 41.5 Å². The van der Waals surface area contributed by atoms with Crippen LogP contribution in [0.4, 0.5) is 5.69 Å². The summed E-state index contributed by atoms with van der Waals surface area (Å²) in [4.78, 5) is 16.7. The molecule has 1 aromatic heterocycles. The molecule has 0 unspecified atom stereocenters. The van der Waals surface area contributed by atoms with Crippen LogP contribution >= 0.6 is 11.6 Å². The first-order valence-electron chi connectivity index (χ1n) is 9.48. The minimum atomic E-state index is -0.283. The van der Waals surface area contributed by atoms with Crippen molar-refractivity contribution in [2.75, 3.05) is 5.32 Å². The third-order valence-electron chi connectivity index (χ3n) is 4.54. The number of anilines is 1. The molecule has 0 bridgehead atoms. The molecule has 148 valence electrons. The summed E-state index contributed by atoms with van der Waals surface area (Å²) in [5, 5.41) is 3.41. The largest absolute Gasteiger partial charge is 0.465 e. The smallest absolute Gasteiger partial charge is 0.255 e. The molecule has 0 atom stereocenters. The molecule has 0 aliphatic heterocycles. The van der Waals surface area contributed by atoms with Gasteiger partial charge in [0.1, 0.15) is 0 Å². The van der Waals surface area contributed by atoms with Gasteiger partial charge in [0.15, 0.2) is 6.10 Å². The Morgan fingerprint density at radius 2 is 1.40 bits per heavy atom. The van der Waals surface area contributed by atoms with Gasteiger partial charge in [-0.1, -0.05) is 72.3 Å². The molecular weight excluding hydrogens is 396 g/mol. The Balaban J connectivity index is 1.50. The van der Waals surface area contributed by atoms with Crippen molar-refractivity contribution in [1.82, 2.24) is 4.98 Å². The number of nitrogens with one attached hydrogen (secondary N) is 1. The molecule has 0 fully saturated rings. The van der Waals surface area contributed by atoms with Crippen LogP contribution in [0.2, 0.25) is 5.02 Å². The van der Waals surface area contributed by atoms with E-state index in [4.69, 9.17) is 16.3 Å². The molecule has 4 aromatic rings. The van der Waals surface area contributed by atoms with Crippen molar-refractivity contribution in [3.05, 3.63) is 125 Å². The number of pyridine rings is 1. The van der Waals surface area contributed by atoms with Crippen LogP contribution in [0, 0.1) is 0 Å². The number of halogens is 1. The number of hydrogen-bond donors (Lipinski definition) is 1. The van der Waals surface area contributed by atoms with Crippen molar-refractivity contribution in [1.29, 1.82) is 0 Å². The zero-order chi connectivity index (χ0) is 20.8. The van der Waals surface area contributed by atoms with Gasteiger partial charge in [-0.25, -0.2) is 4.98 Å². The Labute approximate surface area is 180 Å². The average Bonchev–Trinajstić information content (AvgIpc) is 2.80. The fraction of sp³-hybridized carbons (Fsp3) is 0.0400. The molecule has 1 heterocycles. The fourth-order valence-electron chi connectivity index (χ4n) is 3.03. The van der Waals surface area contributed by atoms with Crippen LogP contribution in [-0.2, 0) is 0 Å². The number of nitrogens with zero attached hydrogens (tertiary/aromatic N) is 1. The SMILES string of the molecule is O=C(Nc1ccc(OC(c2ccccc2)c2ccccc2)nc1)c1ccc(Cl)cc1. The van der Waals surface area contributed by atoms with Crippen LogP contribution in [-0.4, -0.2) is 10.9 Å². The van der Waals surface area contributed by atoms with Gasteiger partial charge in [0.2, 0.25) is 5.88 Å². The molecule has 0 radical (unpaired) electrons. The fourth-order valence-corrected chi connectivity index (χ4v) is 3.16. The minimum absolute atomic E-state index is 0.228. The van der Waals surface area contributed by atoms with Gasteiger partial charge in [0.05, 0.1) is 11.9 Å². The Morgan fingerprint density at radius 1 is 0.800 bits per heavy atom. The number of benzene rings is 3. The predicted octanol–water partition coefficient (Wildman–Crippen LogP) is 6.16. The molecule has 5 heteroatoms. The molecular formula is C25H19ClN2O2. The number of ether oxygens (including phenoxy) is 1. The molecule has 30 heavy (non-hydrogen) atoms. The lowest BCUT2D eigenvalue weighted by molar-refractivity contribution is 0.102. The number of rotatable bonds is 6. The topological polar surface area (TPSA) is 51.2 Å². The number of carbonyl (C=O) groups is 1. The van der Waals surface area contributed by atoms with E-state index in [9.17, 15) is 4.79 Å². The molecule has 3 aromatic carbocycles. The van der Waals surface area contributed by atoms with E-state index in [1.807, 2.05) is 60.7 Å². The highest BCUT2D eigenvalue weighted by Crippen LogP contribution is 2.27. The molecule has 0 saturated heterocycles. The van der Waals surface area contributed by atoms with Crippen molar-refractivity contribution in [3.63, 3.8) is 0 Å². The van der Waals surface area contributed by atoms with Crippen LogP contribution in [0.1, 0.15) is 27.6 Å². The maximum Gasteiger partial charge on any atom is 0.255 e. The quantitative estimate of drug-likeness (QED) is 0.411. The van der Waals surface area contributed by atoms with Gasteiger partial charge in [0.25, 0.3) is 5.91 Å². The summed E-state index contributed by atoms with van der Waals surface area (Å²) in [6.45, 7) is 0. The summed E-state index contributed by atoms with van der Waals surface area (Å²) in [7, 11) is 0. The van der Waals surface area contributed by atoms with Crippen LogP contribution in [0.3, 0.4) is 0 Å². The highest BCUT2D eigenvalue weighted by atomic mass is 35.5. The van der Waals surface area contributed by atoms with E-state index in [0.29, 0.717) is 22.2 Å². The van der Waals surface area contributed by atoms with E-state index in [-0.39, 0.29) is 12.0 Å². The van der Waals surface area contributed by atoms with Crippen molar-refractivity contribution in [2.24, 2.45) is 0 Å². The number of carbonyl (C=O) groups excluding carboxylic acids is 1. The summed E-state index contributed by atoms with van der Waals surface area (Å²) >= 11 is 5.87. The zero-order valence-corrected chi connectivity index (χ0v) is 16.8. The lowest BCUT2D eigenvalue weighted by Gasteiger charge is -2.19. The molecule has 0 saturated carbocycles.